The normalized spacial score (nSPS) is 12.4. The Balaban J connectivity index is 2.53. The number of benzene rings is 1. The topological polar surface area (TPSA) is 15.3 Å². The van der Waals surface area contributed by atoms with Crippen molar-refractivity contribution in [2.45, 2.75) is 33.2 Å². The molecule has 1 unspecified atom stereocenters. The first kappa shape index (κ1) is 13.0. The van der Waals surface area contributed by atoms with Crippen molar-refractivity contribution >= 4 is 5.69 Å². The Morgan fingerprint density at radius 1 is 1.19 bits per heavy atom. The summed E-state index contributed by atoms with van der Waals surface area (Å²) in [4.78, 5) is 2.43. The second kappa shape index (κ2) is 7.29. The molecule has 0 heterocycles. The summed E-state index contributed by atoms with van der Waals surface area (Å²) in [5.74, 6) is 0. The summed E-state index contributed by atoms with van der Waals surface area (Å²) in [7, 11) is 0. The fraction of sp³-hybridized carbons (Fsp3) is 0.571. The van der Waals surface area contributed by atoms with Crippen molar-refractivity contribution in [1.29, 1.82) is 0 Å². The zero-order valence-corrected chi connectivity index (χ0v) is 10.7. The average Bonchev–Trinajstić information content (AvgIpc) is 2.32. The predicted molar refractivity (Wildman–Crippen MR) is 72.1 cm³/mol. The molecule has 90 valence electrons. The fourth-order valence-electron chi connectivity index (χ4n) is 1.97. The van der Waals surface area contributed by atoms with Crippen molar-refractivity contribution in [3.05, 3.63) is 30.3 Å². The van der Waals surface area contributed by atoms with E-state index >= 15 is 0 Å². The van der Waals surface area contributed by atoms with Gasteiger partial charge in [-0.15, -0.1) is 0 Å². The number of para-hydroxylation sites is 1. The van der Waals surface area contributed by atoms with E-state index in [1.165, 1.54) is 12.1 Å². The zero-order chi connectivity index (χ0) is 11.8. The van der Waals surface area contributed by atoms with Gasteiger partial charge in [-0.25, -0.2) is 0 Å². The fourth-order valence-corrected chi connectivity index (χ4v) is 1.97. The van der Waals surface area contributed by atoms with Gasteiger partial charge >= 0.3 is 0 Å². The highest BCUT2D eigenvalue weighted by Crippen LogP contribution is 2.15. The standard InChI is InChI=1S/C14H24N2/c1-4-11-15-12-13(3)16(5-2)14-9-7-6-8-10-14/h6-10,13,15H,4-5,11-12H2,1-3H3. The number of nitrogens with one attached hydrogen (secondary N) is 1. The molecular weight excluding hydrogens is 196 g/mol. The summed E-state index contributed by atoms with van der Waals surface area (Å²) in [5, 5.41) is 3.48. The molecule has 1 N–H and O–H groups in total. The monoisotopic (exact) mass is 220 g/mol. The molecule has 1 rings (SSSR count). The molecule has 0 aliphatic heterocycles. The Morgan fingerprint density at radius 3 is 2.44 bits per heavy atom. The van der Waals surface area contributed by atoms with Gasteiger partial charge in [-0.2, -0.15) is 0 Å². The van der Waals surface area contributed by atoms with Gasteiger partial charge in [-0.05, 0) is 38.9 Å². The second-order valence-corrected chi connectivity index (χ2v) is 4.17. The van der Waals surface area contributed by atoms with Crippen molar-refractivity contribution < 1.29 is 0 Å². The molecule has 0 spiro atoms. The van der Waals surface area contributed by atoms with Crippen LogP contribution in [0.25, 0.3) is 0 Å². The Bertz CT molecular complexity index is 271. The highest BCUT2D eigenvalue weighted by Gasteiger charge is 2.11. The summed E-state index contributed by atoms with van der Waals surface area (Å²) >= 11 is 0. The third-order valence-electron chi connectivity index (χ3n) is 2.83. The Hall–Kier alpha value is -1.02. The van der Waals surface area contributed by atoms with Crippen molar-refractivity contribution in [3.8, 4) is 0 Å². The van der Waals surface area contributed by atoms with Crippen LogP contribution in [-0.2, 0) is 0 Å². The summed E-state index contributed by atoms with van der Waals surface area (Å²) in [6.45, 7) is 9.90. The maximum Gasteiger partial charge on any atom is 0.0386 e. The van der Waals surface area contributed by atoms with Crippen molar-refractivity contribution in [1.82, 2.24) is 5.32 Å². The van der Waals surface area contributed by atoms with Gasteiger partial charge in [-0.1, -0.05) is 25.1 Å². The van der Waals surface area contributed by atoms with Gasteiger partial charge in [0.25, 0.3) is 0 Å². The van der Waals surface area contributed by atoms with Crippen LogP contribution >= 0.6 is 0 Å². The number of hydrogen-bond donors (Lipinski definition) is 1. The largest absolute Gasteiger partial charge is 0.368 e. The lowest BCUT2D eigenvalue weighted by Crippen LogP contribution is -2.40. The number of nitrogens with zero attached hydrogens (tertiary/aromatic N) is 1. The van der Waals surface area contributed by atoms with Crippen molar-refractivity contribution in [3.63, 3.8) is 0 Å². The van der Waals surface area contributed by atoms with Crippen LogP contribution < -0.4 is 10.2 Å². The Morgan fingerprint density at radius 2 is 1.88 bits per heavy atom. The van der Waals surface area contributed by atoms with Crippen LogP contribution in [-0.4, -0.2) is 25.7 Å². The molecule has 16 heavy (non-hydrogen) atoms. The third-order valence-corrected chi connectivity index (χ3v) is 2.83. The van der Waals surface area contributed by atoms with E-state index in [1.54, 1.807) is 0 Å². The van der Waals surface area contributed by atoms with E-state index < -0.39 is 0 Å². The molecule has 0 saturated heterocycles. The van der Waals surface area contributed by atoms with Crippen LogP contribution in [0.3, 0.4) is 0 Å². The van der Waals surface area contributed by atoms with Crippen LogP contribution in [0, 0.1) is 0 Å². The van der Waals surface area contributed by atoms with Gasteiger partial charge in [-0.3, -0.25) is 0 Å². The molecule has 0 amide bonds. The highest BCUT2D eigenvalue weighted by atomic mass is 15.2. The van der Waals surface area contributed by atoms with Crippen LogP contribution in [0.1, 0.15) is 27.2 Å². The molecule has 0 fully saturated rings. The van der Waals surface area contributed by atoms with Crippen LogP contribution in [0.15, 0.2) is 30.3 Å². The molecule has 0 aliphatic carbocycles. The van der Waals surface area contributed by atoms with E-state index in [2.05, 4.69) is 61.3 Å². The van der Waals surface area contributed by atoms with Gasteiger partial charge in [0.15, 0.2) is 0 Å². The van der Waals surface area contributed by atoms with Crippen LogP contribution in [0.4, 0.5) is 5.69 Å². The molecule has 2 heteroatoms. The molecule has 2 nitrogen and oxygen atoms in total. The minimum absolute atomic E-state index is 0.541. The van der Waals surface area contributed by atoms with Crippen LogP contribution in [0.2, 0.25) is 0 Å². The maximum atomic E-state index is 3.48. The van der Waals surface area contributed by atoms with Crippen LogP contribution in [0.5, 0.6) is 0 Å². The second-order valence-electron chi connectivity index (χ2n) is 4.17. The minimum Gasteiger partial charge on any atom is -0.368 e. The molecule has 0 radical (unpaired) electrons. The molecule has 0 saturated carbocycles. The first-order chi connectivity index (χ1) is 7.79. The average molecular weight is 220 g/mol. The van der Waals surface area contributed by atoms with E-state index in [1.807, 2.05) is 0 Å². The minimum atomic E-state index is 0.541. The van der Waals surface area contributed by atoms with Crippen molar-refractivity contribution in [2.75, 3.05) is 24.5 Å². The number of rotatable bonds is 7. The molecular formula is C14H24N2. The quantitative estimate of drug-likeness (QED) is 0.711. The summed E-state index contributed by atoms with van der Waals surface area (Å²) in [5.41, 5.74) is 1.32. The lowest BCUT2D eigenvalue weighted by Gasteiger charge is -2.30. The van der Waals surface area contributed by atoms with E-state index in [0.29, 0.717) is 6.04 Å². The first-order valence-electron chi connectivity index (χ1n) is 6.32. The SMILES string of the molecule is CCCNCC(C)N(CC)c1ccccc1. The molecule has 0 aromatic heterocycles. The number of likely N-dealkylation sites (N-methyl/N-ethyl adjacent to an activating group) is 1. The van der Waals surface area contributed by atoms with Crippen molar-refractivity contribution in [2.24, 2.45) is 0 Å². The number of anilines is 1. The van der Waals surface area contributed by atoms with Gasteiger partial charge < -0.3 is 10.2 Å². The van der Waals surface area contributed by atoms with Gasteiger partial charge in [0, 0.05) is 24.8 Å². The number of hydrogen-bond acceptors (Lipinski definition) is 2. The molecule has 1 atom stereocenters. The summed E-state index contributed by atoms with van der Waals surface area (Å²) in [6.07, 6.45) is 1.20. The third kappa shape index (κ3) is 3.86. The van der Waals surface area contributed by atoms with Gasteiger partial charge in [0.05, 0.1) is 0 Å². The van der Waals surface area contributed by atoms with E-state index in [-0.39, 0.29) is 0 Å². The highest BCUT2D eigenvalue weighted by molar-refractivity contribution is 5.46. The lowest BCUT2D eigenvalue weighted by atomic mass is 10.2. The van der Waals surface area contributed by atoms with E-state index in [4.69, 9.17) is 0 Å². The molecule has 1 aromatic rings. The van der Waals surface area contributed by atoms with Gasteiger partial charge in [0.1, 0.15) is 0 Å². The Labute approximate surface area is 99.7 Å². The van der Waals surface area contributed by atoms with Gasteiger partial charge in [0.2, 0.25) is 0 Å². The smallest absolute Gasteiger partial charge is 0.0386 e. The van der Waals surface area contributed by atoms with E-state index in [9.17, 15) is 0 Å². The maximum absolute atomic E-state index is 3.48. The molecule has 0 bridgehead atoms. The lowest BCUT2D eigenvalue weighted by molar-refractivity contribution is 0.565. The first-order valence-corrected chi connectivity index (χ1v) is 6.32. The van der Waals surface area contributed by atoms with E-state index in [0.717, 1.165) is 19.6 Å². The zero-order valence-electron chi connectivity index (χ0n) is 10.7. The predicted octanol–water partition coefficient (Wildman–Crippen LogP) is 2.90. The molecule has 1 aromatic carbocycles. The molecule has 0 aliphatic rings. The summed E-state index contributed by atoms with van der Waals surface area (Å²) in [6, 6.07) is 11.2. The summed E-state index contributed by atoms with van der Waals surface area (Å²) < 4.78 is 0. The Kier molecular flexibility index (Phi) is 5.94.